The molecule has 0 bridgehead atoms. The molecule has 9 heteroatoms. The lowest BCUT2D eigenvalue weighted by molar-refractivity contribution is -0.0435. The predicted octanol–water partition coefficient (Wildman–Crippen LogP) is 4.10. The summed E-state index contributed by atoms with van der Waals surface area (Å²) in [5.74, 6) is 0. The average molecular weight is 375 g/mol. The topological polar surface area (TPSA) is 62.8 Å². The van der Waals surface area contributed by atoms with Crippen molar-refractivity contribution < 1.29 is 21.6 Å². The number of halogens is 4. The van der Waals surface area contributed by atoms with Crippen molar-refractivity contribution in [2.75, 3.05) is 0 Å². The van der Waals surface area contributed by atoms with Crippen molar-refractivity contribution in [2.24, 2.45) is 0 Å². The van der Waals surface area contributed by atoms with Crippen molar-refractivity contribution in [3.8, 4) is 0 Å². The molecule has 0 fully saturated rings. The SMILES string of the molecule is O=S(=O)(c1ccc(Cc2cccc(Cl)c2)c2cn[nH]c12)C(F)(F)F. The Morgan fingerprint density at radius 3 is 2.58 bits per heavy atom. The van der Waals surface area contributed by atoms with Gasteiger partial charge in [-0.15, -0.1) is 0 Å². The maximum absolute atomic E-state index is 12.8. The number of hydrogen-bond acceptors (Lipinski definition) is 3. The molecule has 1 N–H and O–H groups in total. The Bertz CT molecular complexity index is 1010. The lowest BCUT2D eigenvalue weighted by atomic mass is 10.0. The fraction of sp³-hybridized carbons (Fsp3) is 0.133. The molecule has 2 aromatic carbocycles. The number of aromatic nitrogens is 2. The molecule has 1 heterocycles. The number of nitrogens with one attached hydrogen (secondary N) is 1. The molecular weight excluding hydrogens is 365 g/mol. The van der Waals surface area contributed by atoms with E-state index in [9.17, 15) is 21.6 Å². The summed E-state index contributed by atoms with van der Waals surface area (Å²) in [6, 6.07) is 9.32. The van der Waals surface area contributed by atoms with Crippen molar-refractivity contribution in [1.82, 2.24) is 10.2 Å². The first-order chi connectivity index (χ1) is 11.2. The number of fused-ring (bicyclic) bond motifs is 1. The van der Waals surface area contributed by atoms with Crippen molar-refractivity contribution >= 4 is 32.3 Å². The standard InChI is InChI=1S/C15H10ClF3N2O2S/c16-11-3-1-2-9(7-11)6-10-4-5-13(14-12(10)8-20-21-14)24(22,23)15(17,18)19/h1-5,7-8H,6H2,(H,20,21). The maximum Gasteiger partial charge on any atom is 0.501 e. The van der Waals surface area contributed by atoms with Crippen LogP contribution in [-0.4, -0.2) is 24.1 Å². The molecule has 0 aliphatic carbocycles. The molecule has 0 spiro atoms. The van der Waals surface area contributed by atoms with Gasteiger partial charge in [-0.05, 0) is 35.7 Å². The zero-order chi connectivity index (χ0) is 17.5. The molecule has 0 aliphatic rings. The molecule has 0 unspecified atom stereocenters. The van der Waals surface area contributed by atoms with Crippen LogP contribution < -0.4 is 0 Å². The molecule has 4 nitrogen and oxygen atoms in total. The molecule has 3 rings (SSSR count). The van der Waals surface area contributed by atoms with Crippen LogP contribution in [0.15, 0.2) is 47.5 Å². The van der Waals surface area contributed by atoms with Crippen LogP contribution in [0.1, 0.15) is 11.1 Å². The van der Waals surface area contributed by atoms with Gasteiger partial charge in [-0.3, -0.25) is 5.10 Å². The average Bonchev–Trinajstić information content (AvgIpc) is 2.96. The van der Waals surface area contributed by atoms with E-state index < -0.39 is 20.2 Å². The molecule has 126 valence electrons. The van der Waals surface area contributed by atoms with Gasteiger partial charge in [0.1, 0.15) is 4.90 Å². The number of sulfone groups is 1. The molecule has 24 heavy (non-hydrogen) atoms. The van der Waals surface area contributed by atoms with Gasteiger partial charge in [-0.1, -0.05) is 29.8 Å². The monoisotopic (exact) mass is 374 g/mol. The van der Waals surface area contributed by atoms with E-state index in [4.69, 9.17) is 11.6 Å². The summed E-state index contributed by atoms with van der Waals surface area (Å²) in [5.41, 5.74) is -4.05. The molecule has 3 aromatic rings. The molecule has 0 atom stereocenters. The third-order valence-corrected chi connectivity index (χ3v) is 5.31. The van der Waals surface area contributed by atoms with E-state index in [-0.39, 0.29) is 5.52 Å². The van der Waals surface area contributed by atoms with Gasteiger partial charge in [0.05, 0.1) is 11.7 Å². The van der Waals surface area contributed by atoms with Crippen molar-refractivity contribution in [1.29, 1.82) is 0 Å². The minimum absolute atomic E-state index is 0.160. The fourth-order valence-electron chi connectivity index (χ4n) is 2.44. The summed E-state index contributed by atoms with van der Waals surface area (Å²) < 4.78 is 61.8. The van der Waals surface area contributed by atoms with Gasteiger partial charge in [0.25, 0.3) is 9.84 Å². The quantitative estimate of drug-likeness (QED) is 0.750. The third-order valence-electron chi connectivity index (χ3n) is 3.55. The van der Waals surface area contributed by atoms with Gasteiger partial charge >= 0.3 is 5.51 Å². The Balaban J connectivity index is 2.12. The van der Waals surface area contributed by atoms with E-state index >= 15 is 0 Å². The van der Waals surface area contributed by atoms with Crippen LogP contribution >= 0.6 is 11.6 Å². The molecule has 0 amide bonds. The van der Waals surface area contributed by atoms with E-state index in [2.05, 4.69) is 10.2 Å². The van der Waals surface area contributed by atoms with Crippen molar-refractivity contribution in [2.45, 2.75) is 16.8 Å². The Hall–Kier alpha value is -2.06. The van der Waals surface area contributed by atoms with Crippen molar-refractivity contribution in [3.63, 3.8) is 0 Å². The number of aromatic amines is 1. The largest absolute Gasteiger partial charge is 0.501 e. The molecule has 0 aliphatic heterocycles. The van der Waals surface area contributed by atoms with Crippen LogP contribution in [-0.2, 0) is 16.3 Å². The van der Waals surface area contributed by atoms with Crippen LogP contribution in [0.2, 0.25) is 5.02 Å². The van der Waals surface area contributed by atoms with Crippen LogP contribution in [0.4, 0.5) is 13.2 Å². The van der Waals surface area contributed by atoms with Gasteiger partial charge in [0, 0.05) is 10.4 Å². The Labute approximate surface area is 140 Å². The summed E-state index contributed by atoms with van der Waals surface area (Å²) >= 11 is 5.92. The molecule has 0 radical (unpaired) electrons. The van der Waals surface area contributed by atoms with Gasteiger partial charge in [0.15, 0.2) is 0 Å². The Morgan fingerprint density at radius 2 is 1.92 bits per heavy atom. The van der Waals surface area contributed by atoms with E-state index in [0.717, 1.165) is 11.6 Å². The normalized spacial score (nSPS) is 12.7. The van der Waals surface area contributed by atoms with E-state index in [1.54, 1.807) is 18.2 Å². The van der Waals surface area contributed by atoms with E-state index in [1.807, 2.05) is 6.07 Å². The number of benzene rings is 2. The summed E-state index contributed by atoms with van der Waals surface area (Å²) in [6.45, 7) is 0. The first-order valence-corrected chi connectivity index (χ1v) is 8.57. The molecular formula is C15H10ClF3N2O2S. The van der Waals surface area contributed by atoms with Crippen LogP contribution in [0.5, 0.6) is 0 Å². The minimum atomic E-state index is -5.46. The highest BCUT2D eigenvalue weighted by molar-refractivity contribution is 7.92. The van der Waals surface area contributed by atoms with Crippen LogP contribution in [0, 0.1) is 0 Å². The van der Waals surface area contributed by atoms with E-state index in [1.165, 1.54) is 12.3 Å². The minimum Gasteiger partial charge on any atom is -0.276 e. The van der Waals surface area contributed by atoms with Crippen molar-refractivity contribution in [3.05, 3.63) is 58.7 Å². The number of nitrogens with zero attached hydrogens (tertiary/aromatic N) is 1. The fourth-order valence-corrected chi connectivity index (χ4v) is 3.57. The number of rotatable bonds is 3. The zero-order valence-electron chi connectivity index (χ0n) is 11.9. The highest BCUT2D eigenvalue weighted by Gasteiger charge is 2.48. The van der Waals surface area contributed by atoms with Gasteiger partial charge in [-0.2, -0.15) is 18.3 Å². The first-order valence-electron chi connectivity index (χ1n) is 6.71. The summed E-state index contributed by atoms with van der Waals surface area (Å²) in [5, 5.41) is 6.90. The number of alkyl halides is 3. The molecule has 0 saturated carbocycles. The van der Waals surface area contributed by atoms with E-state index in [0.29, 0.717) is 22.4 Å². The third kappa shape index (κ3) is 2.87. The lowest BCUT2D eigenvalue weighted by Gasteiger charge is -2.11. The number of hydrogen-bond donors (Lipinski definition) is 1. The second-order valence-corrected chi connectivity index (χ2v) is 7.48. The predicted molar refractivity (Wildman–Crippen MR) is 83.6 cm³/mol. The van der Waals surface area contributed by atoms with Crippen LogP contribution in [0.25, 0.3) is 10.9 Å². The highest BCUT2D eigenvalue weighted by atomic mass is 35.5. The molecule has 0 saturated heterocycles. The smallest absolute Gasteiger partial charge is 0.276 e. The van der Waals surface area contributed by atoms with Crippen LogP contribution in [0.3, 0.4) is 0 Å². The molecule has 1 aromatic heterocycles. The van der Waals surface area contributed by atoms with Gasteiger partial charge < -0.3 is 0 Å². The highest BCUT2D eigenvalue weighted by Crippen LogP contribution is 2.35. The second kappa shape index (κ2) is 5.78. The zero-order valence-corrected chi connectivity index (χ0v) is 13.5. The summed E-state index contributed by atoms with van der Waals surface area (Å²) in [7, 11) is -5.46. The first kappa shape index (κ1) is 16.8. The number of H-pyrrole nitrogens is 1. The Morgan fingerprint density at radius 1 is 1.17 bits per heavy atom. The maximum atomic E-state index is 12.8. The van der Waals surface area contributed by atoms with Gasteiger partial charge in [0.2, 0.25) is 0 Å². The Kier molecular flexibility index (Phi) is 4.05. The summed E-state index contributed by atoms with van der Waals surface area (Å²) in [4.78, 5) is -0.836. The van der Waals surface area contributed by atoms with Gasteiger partial charge in [-0.25, -0.2) is 8.42 Å². The second-order valence-electron chi connectivity index (χ2n) is 5.14. The summed E-state index contributed by atoms with van der Waals surface area (Å²) in [6.07, 6.45) is 1.69. The lowest BCUT2D eigenvalue weighted by Crippen LogP contribution is -2.23.